The predicted octanol–water partition coefficient (Wildman–Crippen LogP) is 1.23. The van der Waals surface area contributed by atoms with E-state index in [1.807, 2.05) is 13.8 Å². The largest absolute Gasteiger partial charge is 0.490 e. The van der Waals surface area contributed by atoms with Gasteiger partial charge in [-0.2, -0.15) is 0 Å². The van der Waals surface area contributed by atoms with Crippen LogP contribution >= 0.6 is 0 Å². The summed E-state index contributed by atoms with van der Waals surface area (Å²) in [4.78, 5) is 24.7. The number of anilines is 1. The third-order valence-corrected chi connectivity index (χ3v) is 3.29. The van der Waals surface area contributed by atoms with E-state index in [0.717, 1.165) is 0 Å². The molecule has 1 rings (SSSR count). The minimum Gasteiger partial charge on any atom is -0.490 e. The van der Waals surface area contributed by atoms with Gasteiger partial charge in [-0.05, 0) is 40.0 Å². The number of benzene rings is 1. The number of likely N-dealkylation sites (N-methyl/N-ethyl adjacent to an activating group) is 1. The summed E-state index contributed by atoms with van der Waals surface area (Å²) < 4.78 is 11.0. The molecule has 3 N–H and O–H groups in total. The Hall–Kier alpha value is -2.28. The minimum atomic E-state index is -0.514. The standard InChI is InChI=1S/C16H25N3O4/c1-5-22-13-8-7-12(9-14(13)23-6-2)18-15(20)10-19(4)11(3)16(17)21/h7-9,11H,5-6,10H2,1-4H3,(H2,17,21)(H,18,20). The molecule has 0 fully saturated rings. The Balaban J connectivity index is 2.74. The molecule has 0 saturated carbocycles. The summed E-state index contributed by atoms with van der Waals surface area (Å²) in [7, 11) is 1.67. The monoisotopic (exact) mass is 323 g/mol. The molecule has 1 atom stereocenters. The number of nitrogens with two attached hydrogens (primary N) is 1. The zero-order valence-electron chi connectivity index (χ0n) is 14.1. The average Bonchev–Trinajstić information content (AvgIpc) is 2.49. The van der Waals surface area contributed by atoms with Crippen molar-refractivity contribution in [2.45, 2.75) is 26.8 Å². The van der Waals surface area contributed by atoms with E-state index in [9.17, 15) is 9.59 Å². The van der Waals surface area contributed by atoms with Gasteiger partial charge in [-0.1, -0.05) is 0 Å². The van der Waals surface area contributed by atoms with Crippen LogP contribution in [0.15, 0.2) is 18.2 Å². The lowest BCUT2D eigenvalue weighted by Gasteiger charge is -2.21. The van der Waals surface area contributed by atoms with Gasteiger partial charge in [0.15, 0.2) is 11.5 Å². The molecular weight excluding hydrogens is 298 g/mol. The summed E-state index contributed by atoms with van der Waals surface area (Å²) in [5, 5.41) is 2.77. The molecule has 128 valence electrons. The van der Waals surface area contributed by atoms with Crippen LogP contribution in [0.4, 0.5) is 5.69 Å². The zero-order valence-corrected chi connectivity index (χ0v) is 14.1. The number of carbonyl (C=O) groups excluding carboxylic acids is 2. The molecule has 0 aliphatic heterocycles. The Kier molecular flexibility index (Phi) is 7.34. The molecule has 0 spiro atoms. The molecule has 0 radical (unpaired) electrons. The van der Waals surface area contributed by atoms with Crippen molar-refractivity contribution in [3.05, 3.63) is 18.2 Å². The molecule has 1 unspecified atom stereocenters. The molecule has 0 saturated heterocycles. The van der Waals surface area contributed by atoms with Crippen LogP contribution in [0.5, 0.6) is 11.5 Å². The maximum Gasteiger partial charge on any atom is 0.238 e. The van der Waals surface area contributed by atoms with Crippen LogP contribution in [0, 0.1) is 0 Å². The first-order valence-corrected chi connectivity index (χ1v) is 7.58. The van der Waals surface area contributed by atoms with E-state index in [0.29, 0.717) is 30.4 Å². The fraction of sp³-hybridized carbons (Fsp3) is 0.500. The highest BCUT2D eigenvalue weighted by atomic mass is 16.5. The Bertz CT molecular complexity index is 548. The normalized spacial score (nSPS) is 11.9. The second kappa shape index (κ2) is 8.99. The number of nitrogens with zero attached hydrogens (tertiary/aromatic N) is 1. The Labute approximate surface area is 136 Å². The van der Waals surface area contributed by atoms with Crippen molar-refractivity contribution >= 4 is 17.5 Å². The van der Waals surface area contributed by atoms with E-state index in [2.05, 4.69) is 5.32 Å². The van der Waals surface area contributed by atoms with Gasteiger partial charge in [0.05, 0.1) is 25.8 Å². The highest BCUT2D eigenvalue weighted by Gasteiger charge is 2.17. The second-order valence-corrected chi connectivity index (χ2v) is 5.07. The van der Waals surface area contributed by atoms with E-state index in [1.165, 1.54) is 0 Å². The molecule has 0 aliphatic carbocycles. The van der Waals surface area contributed by atoms with Gasteiger partial charge in [0, 0.05) is 11.8 Å². The van der Waals surface area contributed by atoms with E-state index in [1.54, 1.807) is 37.1 Å². The lowest BCUT2D eigenvalue weighted by molar-refractivity contribution is -0.123. The quantitative estimate of drug-likeness (QED) is 0.713. The van der Waals surface area contributed by atoms with Gasteiger partial charge in [-0.15, -0.1) is 0 Å². The van der Waals surface area contributed by atoms with Crippen LogP contribution in [0.3, 0.4) is 0 Å². The summed E-state index contributed by atoms with van der Waals surface area (Å²) in [5.74, 6) is 0.491. The van der Waals surface area contributed by atoms with E-state index in [-0.39, 0.29) is 12.5 Å². The molecule has 0 aromatic heterocycles. The number of nitrogens with one attached hydrogen (secondary N) is 1. The van der Waals surface area contributed by atoms with Gasteiger partial charge < -0.3 is 20.5 Å². The number of carbonyl (C=O) groups is 2. The van der Waals surface area contributed by atoms with Crippen molar-refractivity contribution in [1.82, 2.24) is 4.90 Å². The number of primary amides is 1. The van der Waals surface area contributed by atoms with Crippen LogP contribution in [-0.2, 0) is 9.59 Å². The fourth-order valence-electron chi connectivity index (χ4n) is 1.91. The Morgan fingerprint density at radius 3 is 2.39 bits per heavy atom. The van der Waals surface area contributed by atoms with E-state index >= 15 is 0 Å². The van der Waals surface area contributed by atoms with Crippen LogP contribution in [0.1, 0.15) is 20.8 Å². The first-order chi connectivity index (χ1) is 10.9. The van der Waals surface area contributed by atoms with Crippen LogP contribution in [0.25, 0.3) is 0 Å². The number of rotatable bonds is 9. The van der Waals surface area contributed by atoms with Crippen molar-refractivity contribution in [2.75, 3.05) is 32.1 Å². The topological polar surface area (TPSA) is 93.9 Å². The van der Waals surface area contributed by atoms with Crippen LogP contribution < -0.4 is 20.5 Å². The fourth-order valence-corrected chi connectivity index (χ4v) is 1.91. The molecule has 1 aromatic carbocycles. The number of hydrogen-bond donors (Lipinski definition) is 2. The van der Waals surface area contributed by atoms with Crippen LogP contribution in [-0.4, -0.2) is 49.6 Å². The van der Waals surface area contributed by atoms with Gasteiger partial charge in [-0.25, -0.2) is 0 Å². The first-order valence-electron chi connectivity index (χ1n) is 7.58. The van der Waals surface area contributed by atoms with Gasteiger partial charge in [0.1, 0.15) is 0 Å². The summed E-state index contributed by atoms with van der Waals surface area (Å²) >= 11 is 0. The average molecular weight is 323 g/mol. The van der Waals surface area contributed by atoms with Gasteiger partial charge in [0.25, 0.3) is 0 Å². The summed E-state index contributed by atoms with van der Waals surface area (Å²) in [6.07, 6.45) is 0. The smallest absolute Gasteiger partial charge is 0.238 e. The lowest BCUT2D eigenvalue weighted by Crippen LogP contribution is -2.43. The molecule has 2 amide bonds. The molecule has 1 aromatic rings. The minimum absolute atomic E-state index is 0.0568. The summed E-state index contributed by atoms with van der Waals surface area (Å²) in [6.45, 7) is 6.50. The third kappa shape index (κ3) is 5.78. The lowest BCUT2D eigenvalue weighted by atomic mass is 10.2. The SMILES string of the molecule is CCOc1ccc(NC(=O)CN(C)C(C)C(N)=O)cc1OCC. The van der Waals surface area contributed by atoms with Crippen molar-refractivity contribution in [3.63, 3.8) is 0 Å². The van der Waals surface area contributed by atoms with Crippen molar-refractivity contribution in [3.8, 4) is 11.5 Å². The number of hydrogen-bond acceptors (Lipinski definition) is 5. The van der Waals surface area contributed by atoms with Gasteiger partial charge in [-0.3, -0.25) is 14.5 Å². The zero-order chi connectivity index (χ0) is 17.4. The molecule has 7 heteroatoms. The van der Waals surface area contributed by atoms with E-state index in [4.69, 9.17) is 15.2 Å². The molecule has 0 bridgehead atoms. The number of amides is 2. The molecule has 0 aliphatic rings. The predicted molar refractivity (Wildman–Crippen MR) is 88.7 cm³/mol. The van der Waals surface area contributed by atoms with E-state index < -0.39 is 11.9 Å². The van der Waals surface area contributed by atoms with Crippen molar-refractivity contribution in [1.29, 1.82) is 0 Å². The van der Waals surface area contributed by atoms with Gasteiger partial charge >= 0.3 is 0 Å². The highest BCUT2D eigenvalue weighted by molar-refractivity contribution is 5.93. The highest BCUT2D eigenvalue weighted by Crippen LogP contribution is 2.30. The third-order valence-electron chi connectivity index (χ3n) is 3.29. The molecule has 7 nitrogen and oxygen atoms in total. The first kappa shape index (κ1) is 18.8. The molecular formula is C16H25N3O4. The second-order valence-electron chi connectivity index (χ2n) is 5.07. The number of ether oxygens (including phenoxy) is 2. The van der Waals surface area contributed by atoms with Crippen LogP contribution in [0.2, 0.25) is 0 Å². The Morgan fingerprint density at radius 1 is 1.22 bits per heavy atom. The van der Waals surface area contributed by atoms with Crippen molar-refractivity contribution in [2.24, 2.45) is 5.73 Å². The summed E-state index contributed by atoms with van der Waals surface area (Å²) in [5.41, 5.74) is 5.82. The van der Waals surface area contributed by atoms with Crippen molar-refractivity contribution < 1.29 is 19.1 Å². The maximum absolute atomic E-state index is 12.1. The van der Waals surface area contributed by atoms with Gasteiger partial charge in [0.2, 0.25) is 11.8 Å². The summed E-state index contributed by atoms with van der Waals surface area (Å²) in [6, 6.07) is 4.69. The molecule has 0 heterocycles. The molecule has 23 heavy (non-hydrogen) atoms. The Morgan fingerprint density at radius 2 is 1.83 bits per heavy atom. The maximum atomic E-state index is 12.1.